The highest BCUT2D eigenvalue weighted by Crippen LogP contribution is 2.37. The molecule has 4 aromatic carbocycles. The smallest absolute Gasteiger partial charge is 0.330 e. The number of methoxy groups -OCH3 is 2. The van der Waals surface area contributed by atoms with Crippen LogP contribution in [0.5, 0.6) is 11.5 Å². The maximum Gasteiger partial charge on any atom is 0.330 e. The Morgan fingerprint density at radius 2 is 1.22 bits per heavy atom. The summed E-state index contributed by atoms with van der Waals surface area (Å²) in [4.78, 5) is 12.3. The van der Waals surface area contributed by atoms with Gasteiger partial charge in [0.05, 0.1) is 52.9 Å². The van der Waals surface area contributed by atoms with Gasteiger partial charge in [-0.15, -0.1) is 0 Å². The fraction of sp³-hybridized carbons (Fsp3) is 0.372. The standard InChI is InChI=1S/C43H54O7Si/c1-8-47-42(44)28-19-33(2)41(49-31-35-22-26-37(46-7)27-23-35)29-38(48-30-34-20-24-36(45-6)25-21-34)32-50-51(43(3,4)5,39-15-11-9-12-16-39)40-17-13-10-14-18-40/h9-28,33,38,41H,8,29-32H2,1-7H3/t33-,38-,41-/m1/s1. The largest absolute Gasteiger partial charge is 0.497 e. The van der Waals surface area contributed by atoms with Gasteiger partial charge in [0.25, 0.3) is 8.32 Å². The van der Waals surface area contributed by atoms with Gasteiger partial charge in [0, 0.05) is 18.4 Å². The average Bonchev–Trinajstić information content (AvgIpc) is 3.15. The molecule has 0 amide bonds. The van der Waals surface area contributed by atoms with Crippen LogP contribution in [-0.4, -0.2) is 53.9 Å². The summed E-state index contributed by atoms with van der Waals surface area (Å²) >= 11 is 0. The number of benzene rings is 4. The van der Waals surface area contributed by atoms with Crippen LogP contribution in [0.25, 0.3) is 0 Å². The number of ether oxygens (including phenoxy) is 5. The minimum Gasteiger partial charge on any atom is -0.497 e. The molecule has 0 unspecified atom stereocenters. The van der Waals surface area contributed by atoms with Crippen LogP contribution in [0, 0.1) is 5.92 Å². The second-order valence-electron chi connectivity index (χ2n) is 13.7. The molecule has 0 saturated carbocycles. The predicted molar refractivity (Wildman–Crippen MR) is 206 cm³/mol. The molecule has 0 spiro atoms. The third-order valence-corrected chi connectivity index (χ3v) is 14.1. The number of rotatable bonds is 19. The summed E-state index contributed by atoms with van der Waals surface area (Å²) in [6, 6.07) is 37.0. The zero-order valence-corrected chi connectivity index (χ0v) is 32.2. The van der Waals surface area contributed by atoms with E-state index in [0.717, 1.165) is 22.6 Å². The van der Waals surface area contributed by atoms with E-state index < -0.39 is 8.32 Å². The van der Waals surface area contributed by atoms with Crippen LogP contribution in [0.1, 0.15) is 52.2 Å². The molecule has 4 rings (SSSR count). The van der Waals surface area contributed by atoms with E-state index in [1.54, 1.807) is 21.1 Å². The minimum atomic E-state index is -2.85. The lowest BCUT2D eigenvalue weighted by atomic mass is 9.98. The van der Waals surface area contributed by atoms with Crippen LogP contribution < -0.4 is 19.8 Å². The van der Waals surface area contributed by atoms with Crippen molar-refractivity contribution in [1.29, 1.82) is 0 Å². The Labute approximate surface area is 305 Å². The Morgan fingerprint density at radius 1 is 0.725 bits per heavy atom. The predicted octanol–water partition coefficient (Wildman–Crippen LogP) is 7.90. The summed E-state index contributed by atoms with van der Waals surface area (Å²) in [5, 5.41) is 2.21. The van der Waals surface area contributed by atoms with Gasteiger partial charge < -0.3 is 28.1 Å². The monoisotopic (exact) mass is 710 g/mol. The Kier molecular flexibility index (Phi) is 15.1. The summed E-state index contributed by atoms with van der Waals surface area (Å²) in [5.74, 6) is 1.07. The van der Waals surface area contributed by atoms with Crippen LogP contribution in [0.4, 0.5) is 0 Å². The number of esters is 1. The molecule has 0 radical (unpaired) electrons. The third-order valence-electron chi connectivity index (χ3n) is 9.07. The maximum absolute atomic E-state index is 12.3. The summed E-state index contributed by atoms with van der Waals surface area (Å²) in [7, 11) is 0.458. The van der Waals surface area contributed by atoms with Gasteiger partial charge in [-0.25, -0.2) is 4.79 Å². The van der Waals surface area contributed by atoms with Crippen LogP contribution in [-0.2, 0) is 36.6 Å². The van der Waals surface area contributed by atoms with Crippen LogP contribution in [0.3, 0.4) is 0 Å². The minimum absolute atomic E-state index is 0.132. The Morgan fingerprint density at radius 3 is 1.67 bits per heavy atom. The van der Waals surface area contributed by atoms with Crippen LogP contribution in [0.15, 0.2) is 121 Å². The summed E-state index contributed by atoms with van der Waals surface area (Å²) < 4.78 is 36.7. The lowest BCUT2D eigenvalue weighted by Gasteiger charge is -2.44. The topological polar surface area (TPSA) is 72.5 Å². The van der Waals surface area contributed by atoms with E-state index in [0.29, 0.717) is 32.8 Å². The van der Waals surface area contributed by atoms with Crippen molar-refractivity contribution in [3.8, 4) is 11.5 Å². The zero-order valence-electron chi connectivity index (χ0n) is 31.2. The number of hydrogen-bond acceptors (Lipinski definition) is 7. The fourth-order valence-corrected chi connectivity index (χ4v) is 10.9. The van der Waals surface area contributed by atoms with Crippen molar-refractivity contribution in [1.82, 2.24) is 0 Å². The number of hydrogen-bond donors (Lipinski definition) is 0. The Balaban J connectivity index is 1.69. The molecule has 7 nitrogen and oxygen atoms in total. The molecule has 0 N–H and O–H groups in total. The molecule has 4 aromatic rings. The first-order chi connectivity index (χ1) is 24.6. The Bertz CT molecular complexity index is 1580. The molecule has 272 valence electrons. The van der Waals surface area contributed by atoms with Gasteiger partial charge >= 0.3 is 5.97 Å². The molecule has 0 aromatic heterocycles. The van der Waals surface area contributed by atoms with Gasteiger partial charge in [-0.3, -0.25) is 0 Å². The van der Waals surface area contributed by atoms with Gasteiger partial charge in [-0.1, -0.05) is 119 Å². The Hall–Kier alpha value is -4.21. The van der Waals surface area contributed by atoms with Gasteiger partial charge in [0.2, 0.25) is 0 Å². The number of carbonyl (C=O) groups is 1. The van der Waals surface area contributed by atoms with E-state index in [4.69, 9.17) is 28.1 Å². The van der Waals surface area contributed by atoms with E-state index in [-0.39, 0.29) is 29.1 Å². The first kappa shape index (κ1) is 39.6. The molecule has 3 atom stereocenters. The van der Waals surface area contributed by atoms with Crippen LogP contribution in [0.2, 0.25) is 5.04 Å². The van der Waals surface area contributed by atoms with Gasteiger partial charge in [-0.2, -0.15) is 0 Å². The van der Waals surface area contributed by atoms with Crippen LogP contribution >= 0.6 is 0 Å². The normalized spacial score (nSPS) is 13.8. The molecule has 0 aliphatic rings. The molecule has 0 fully saturated rings. The second-order valence-corrected chi connectivity index (χ2v) is 18.0. The molecule has 0 heterocycles. The van der Waals surface area contributed by atoms with Crippen molar-refractivity contribution < 1.29 is 32.9 Å². The van der Waals surface area contributed by atoms with Crippen molar-refractivity contribution in [2.24, 2.45) is 5.92 Å². The molecule has 0 aliphatic heterocycles. The summed E-state index contributed by atoms with van der Waals surface area (Å²) in [5.41, 5.74) is 2.04. The molecular weight excluding hydrogens is 657 g/mol. The van der Waals surface area contributed by atoms with E-state index >= 15 is 0 Å². The SMILES string of the molecule is CCOC(=O)C=C[C@@H](C)[C@@H](C[C@H](CO[Si](c1ccccc1)(c1ccccc1)C(C)(C)C)OCc1ccc(OC)cc1)OCc1ccc(OC)cc1. The first-order valence-electron chi connectivity index (χ1n) is 17.7. The lowest BCUT2D eigenvalue weighted by molar-refractivity contribution is -0.137. The average molecular weight is 711 g/mol. The third kappa shape index (κ3) is 11.1. The van der Waals surface area contributed by atoms with Crippen molar-refractivity contribution in [3.05, 3.63) is 132 Å². The summed E-state index contributed by atoms with van der Waals surface area (Å²) in [6.45, 7) is 12.1. The highest BCUT2D eigenvalue weighted by atomic mass is 28.4. The van der Waals surface area contributed by atoms with Gasteiger partial charge in [0.1, 0.15) is 11.5 Å². The van der Waals surface area contributed by atoms with Gasteiger partial charge in [0.15, 0.2) is 0 Å². The van der Waals surface area contributed by atoms with E-state index in [9.17, 15) is 4.79 Å². The maximum atomic E-state index is 12.3. The van der Waals surface area contributed by atoms with Crippen molar-refractivity contribution in [2.45, 2.75) is 71.5 Å². The van der Waals surface area contributed by atoms with E-state index in [1.807, 2.05) is 66.7 Å². The first-order valence-corrected chi connectivity index (χ1v) is 19.6. The van der Waals surface area contributed by atoms with Gasteiger partial charge in [-0.05, 0) is 57.7 Å². The quantitative estimate of drug-likeness (QED) is 0.0557. The van der Waals surface area contributed by atoms with E-state index in [2.05, 4.69) is 76.2 Å². The molecule has 0 bridgehead atoms. The van der Waals surface area contributed by atoms with E-state index in [1.165, 1.54) is 16.4 Å². The van der Waals surface area contributed by atoms with Crippen molar-refractivity contribution >= 4 is 24.7 Å². The van der Waals surface area contributed by atoms with Crippen molar-refractivity contribution in [2.75, 3.05) is 27.4 Å². The fourth-order valence-electron chi connectivity index (χ4n) is 6.26. The molecule has 51 heavy (non-hydrogen) atoms. The second kappa shape index (κ2) is 19.4. The molecule has 0 saturated heterocycles. The zero-order chi connectivity index (χ0) is 36.7. The molecule has 0 aliphatic carbocycles. The number of carbonyl (C=O) groups excluding carboxylic acids is 1. The molecule has 8 heteroatoms. The summed E-state index contributed by atoms with van der Waals surface area (Å²) in [6.07, 6.45) is 3.23. The lowest BCUT2D eigenvalue weighted by Crippen LogP contribution is -2.67. The highest BCUT2D eigenvalue weighted by Gasteiger charge is 2.50. The molecular formula is C43H54O7Si. The highest BCUT2D eigenvalue weighted by molar-refractivity contribution is 6.99. The van der Waals surface area contributed by atoms with Crippen molar-refractivity contribution in [3.63, 3.8) is 0 Å².